The molecule has 1 aromatic carbocycles. The lowest BCUT2D eigenvalue weighted by molar-refractivity contribution is -0.136. The Balaban J connectivity index is 2.26. The molecule has 0 aliphatic rings. The van der Waals surface area contributed by atoms with E-state index in [2.05, 4.69) is 34.3 Å². The maximum Gasteiger partial charge on any atom is 0.311 e. The Bertz CT molecular complexity index is 575. The molecule has 0 atom stereocenters. The first-order valence-electron chi connectivity index (χ1n) is 6.50. The lowest BCUT2D eigenvalue weighted by Crippen LogP contribution is -2.21. The molecule has 2 aromatic rings. The van der Waals surface area contributed by atoms with Crippen molar-refractivity contribution in [1.82, 2.24) is 20.2 Å². The van der Waals surface area contributed by atoms with Crippen LogP contribution < -0.4 is 4.90 Å². The van der Waals surface area contributed by atoms with Gasteiger partial charge in [0, 0.05) is 18.8 Å². The van der Waals surface area contributed by atoms with Crippen molar-refractivity contribution in [3.63, 3.8) is 0 Å². The third kappa shape index (κ3) is 2.93. The molecule has 1 aromatic heterocycles. The Morgan fingerprint density at radius 2 is 1.90 bits per heavy atom. The number of hydrogen-bond acceptors (Lipinski definition) is 5. The van der Waals surface area contributed by atoms with E-state index in [1.165, 1.54) is 4.68 Å². The minimum Gasteiger partial charge on any atom is -0.481 e. The highest BCUT2D eigenvalue weighted by atomic mass is 16.4. The summed E-state index contributed by atoms with van der Waals surface area (Å²) in [4.78, 5) is 13.0. The summed E-state index contributed by atoms with van der Waals surface area (Å²) in [7, 11) is 0. The maximum atomic E-state index is 10.8. The molecule has 7 heteroatoms. The molecule has 0 saturated carbocycles. The van der Waals surface area contributed by atoms with Crippen molar-refractivity contribution in [3.05, 3.63) is 30.1 Å². The molecule has 0 aliphatic heterocycles. The molecule has 1 heterocycles. The zero-order valence-corrected chi connectivity index (χ0v) is 11.5. The van der Waals surface area contributed by atoms with Crippen LogP contribution in [0, 0.1) is 0 Å². The van der Waals surface area contributed by atoms with Gasteiger partial charge in [-0.15, -0.1) is 5.10 Å². The van der Waals surface area contributed by atoms with Gasteiger partial charge in [-0.3, -0.25) is 4.79 Å². The Hall–Kier alpha value is -2.44. The number of anilines is 1. The summed E-state index contributed by atoms with van der Waals surface area (Å²) in [5, 5.41) is 19.9. The monoisotopic (exact) mass is 275 g/mol. The fraction of sp³-hybridized carbons (Fsp3) is 0.385. The Kier molecular flexibility index (Phi) is 4.29. The molecule has 0 bridgehead atoms. The van der Waals surface area contributed by atoms with Crippen molar-refractivity contribution in [2.75, 3.05) is 18.0 Å². The van der Waals surface area contributed by atoms with E-state index >= 15 is 0 Å². The first kappa shape index (κ1) is 14.0. The van der Waals surface area contributed by atoms with Gasteiger partial charge in [-0.1, -0.05) is 0 Å². The predicted octanol–water partition coefficient (Wildman–Crippen LogP) is 1.14. The van der Waals surface area contributed by atoms with Crippen molar-refractivity contribution >= 4 is 11.7 Å². The quantitative estimate of drug-likeness (QED) is 0.851. The smallest absolute Gasteiger partial charge is 0.311 e. The fourth-order valence-electron chi connectivity index (χ4n) is 2.05. The van der Waals surface area contributed by atoms with Gasteiger partial charge in [0.25, 0.3) is 0 Å². The van der Waals surface area contributed by atoms with Crippen LogP contribution in [0.2, 0.25) is 0 Å². The average Bonchev–Trinajstić information content (AvgIpc) is 2.88. The van der Waals surface area contributed by atoms with Gasteiger partial charge in [-0.2, -0.15) is 4.68 Å². The minimum absolute atomic E-state index is 0.204. The molecule has 0 unspecified atom stereocenters. The molecule has 20 heavy (non-hydrogen) atoms. The molecule has 1 N–H and O–H groups in total. The van der Waals surface area contributed by atoms with E-state index in [0.29, 0.717) is 5.82 Å². The average molecular weight is 275 g/mol. The lowest BCUT2D eigenvalue weighted by atomic mass is 10.2. The fourth-order valence-corrected chi connectivity index (χ4v) is 2.05. The van der Waals surface area contributed by atoms with Crippen molar-refractivity contribution < 1.29 is 9.90 Å². The molecule has 7 nitrogen and oxygen atoms in total. The number of aromatic nitrogens is 4. The lowest BCUT2D eigenvalue weighted by Gasteiger charge is -2.21. The second-order valence-electron chi connectivity index (χ2n) is 4.27. The summed E-state index contributed by atoms with van der Waals surface area (Å²) in [6.45, 7) is 6.07. The second kappa shape index (κ2) is 6.14. The molecule has 106 valence electrons. The molecule has 0 aliphatic carbocycles. The first-order valence-corrected chi connectivity index (χ1v) is 6.50. The molecular weight excluding hydrogens is 258 g/mol. The van der Waals surface area contributed by atoms with E-state index in [1.807, 2.05) is 24.3 Å². The number of benzene rings is 1. The number of carboxylic acid groups (broad SMARTS) is 1. The van der Waals surface area contributed by atoms with E-state index in [4.69, 9.17) is 5.11 Å². The van der Waals surface area contributed by atoms with Crippen molar-refractivity contribution in [2.24, 2.45) is 0 Å². The number of nitrogens with zero attached hydrogens (tertiary/aromatic N) is 5. The van der Waals surface area contributed by atoms with Crippen LogP contribution >= 0.6 is 0 Å². The van der Waals surface area contributed by atoms with Gasteiger partial charge in [0.15, 0.2) is 5.82 Å². The first-order chi connectivity index (χ1) is 9.65. The van der Waals surface area contributed by atoms with Crippen LogP contribution in [-0.4, -0.2) is 44.4 Å². The van der Waals surface area contributed by atoms with Crippen LogP contribution in [0.15, 0.2) is 24.3 Å². The largest absolute Gasteiger partial charge is 0.481 e. The van der Waals surface area contributed by atoms with E-state index in [0.717, 1.165) is 24.5 Å². The molecule has 0 radical (unpaired) electrons. The topological polar surface area (TPSA) is 84.1 Å². The van der Waals surface area contributed by atoms with Gasteiger partial charge in [-0.05, 0) is 48.5 Å². The van der Waals surface area contributed by atoms with Crippen LogP contribution in [0.3, 0.4) is 0 Å². The zero-order valence-electron chi connectivity index (χ0n) is 11.5. The highest BCUT2D eigenvalue weighted by molar-refractivity contribution is 5.69. The zero-order chi connectivity index (χ0) is 14.5. The summed E-state index contributed by atoms with van der Waals surface area (Å²) >= 11 is 0. The Morgan fingerprint density at radius 3 is 2.45 bits per heavy atom. The van der Waals surface area contributed by atoms with Crippen molar-refractivity contribution in [2.45, 2.75) is 20.3 Å². The second-order valence-corrected chi connectivity index (χ2v) is 4.27. The number of rotatable bonds is 6. The maximum absolute atomic E-state index is 10.8. The van der Waals surface area contributed by atoms with Crippen LogP contribution in [0.1, 0.15) is 19.7 Å². The highest BCUT2D eigenvalue weighted by Crippen LogP contribution is 2.17. The number of tetrazole rings is 1. The summed E-state index contributed by atoms with van der Waals surface area (Å²) in [5.41, 5.74) is 1.87. The van der Waals surface area contributed by atoms with Crippen molar-refractivity contribution in [1.29, 1.82) is 0 Å². The van der Waals surface area contributed by atoms with Crippen LogP contribution in [0.5, 0.6) is 0 Å². The molecule has 0 fully saturated rings. The molecule has 0 saturated heterocycles. The predicted molar refractivity (Wildman–Crippen MR) is 74.1 cm³/mol. The van der Waals surface area contributed by atoms with E-state index in [9.17, 15) is 4.79 Å². The van der Waals surface area contributed by atoms with Gasteiger partial charge in [0.2, 0.25) is 0 Å². The van der Waals surface area contributed by atoms with Crippen LogP contribution in [-0.2, 0) is 11.2 Å². The van der Waals surface area contributed by atoms with Crippen LogP contribution in [0.4, 0.5) is 5.69 Å². The molecule has 0 amide bonds. The molecule has 0 spiro atoms. The van der Waals surface area contributed by atoms with Gasteiger partial charge in [-0.25, -0.2) is 0 Å². The minimum atomic E-state index is -0.958. The number of aliphatic carboxylic acids is 1. The standard InChI is InChI=1S/C13H17N5O2/c1-3-17(4-2)10-5-7-11(8-6-10)18-12(9-13(19)20)14-15-16-18/h5-8H,3-4,9H2,1-2H3,(H,19,20). The third-order valence-corrected chi connectivity index (χ3v) is 3.07. The third-order valence-electron chi connectivity index (χ3n) is 3.07. The number of hydrogen-bond donors (Lipinski definition) is 1. The van der Waals surface area contributed by atoms with E-state index in [1.54, 1.807) is 0 Å². The highest BCUT2D eigenvalue weighted by Gasteiger charge is 2.12. The van der Waals surface area contributed by atoms with E-state index in [-0.39, 0.29) is 6.42 Å². The van der Waals surface area contributed by atoms with Gasteiger partial charge in [0.1, 0.15) is 6.42 Å². The van der Waals surface area contributed by atoms with Gasteiger partial charge < -0.3 is 10.0 Å². The summed E-state index contributed by atoms with van der Waals surface area (Å²) in [6.07, 6.45) is -0.204. The number of carbonyl (C=O) groups is 1. The van der Waals surface area contributed by atoms with Crippen LogP contribution in [0.25, 0.3) is 5.69 Å². The Morgan fingerprint density at radius 1 is 1.25 bits per heavy atom. The normalized spacial score (nSPS) is 10.5. The summed E-state index contributed by atoms with van der Waals surface area (Å²) < 4.78 is 1.44. The summed E-state index contributed by atoms with van der Waals surface area (Å²) in [5.74, 6) is -0.645. The number of carboxylic acids is 1. The van der Waals surface area contributed by atoms with Crippen molar-refractivity contribution in [3.8, 4) is 5.69 Å². The van der Waals surface area contributed by atoms with E-state index < -0.39 is 5.97 Å². The Labute approximate surface area is 116 Å². The van der Waals surface area contributed by atoms with Gasteiger partial charge >= 0.3 is 5.97 Å². The molecular formula is C13H17N5O2. The SMILES string of the molecule is CCN(CC)c1ccc(-n2nnnc2CC(=O)O)cc1. The van der Waals surface area contributed by atoms with Gasteiger partial charge in [0.05, 0.1) is 5.69 Å². The molecule has 2 rings (SSSR count). The summed E-state index contributed by atoms with van der Waals surface area (Å²) in [6, 6.07) is 7.73.